The molecule has 2 fully saturated rings. The molecule has 2 bridgehead atoms. The summed E-state index contributed by atoms with van der Waals surface area (Å²) in [6.45, 7) is 6.51. The Labute approximate surface area is 288 Å². The van der Waals surface area contributed by atoms with Crippen LogP contribution in [0.25, 0.3) is 0 Å². The number of anilines is 1. The van der Waals surface area contributed by atoms with Gasteiger partial charge in [0.05, 0.1) is 29.6 Å². The van der Waals surface area contributed by atoms with Crippen LogP contribution in [0.4, 0.5) is 5.69 Å². The molecule has 1 spiro atoms. The van der Waals surface area contributed by atoms with Gasteiger partial charge in [-0.05, 0) is 111 Å². The lowest BCUT2D eigenvalue weighted by Gasteiger charge is -2.49. The van der Waals surface area contributed by atoms with E-state index in [9.17, 15) is 23.1 Å². The zero-order valence-electron chi connectivity index (χ0n) is 27.8. The lowest BCUT2D eigenvalue weighted by Crippen LogP contribution is -2.54. The Kier molecular flexibility index (Phi) is 8.82. The second kappa shape index (κ2) is 12.7. The first kappa shape index (κ1) is 33.4. The second-order valence-corrected chi connectivity index (χ2v) is 17.4. The normalized spacial score (nSPS) is 33.5. The summed E-state index contributed by atoms with van der Waals surface area (Å²) in [6.07, 6.45) is 9.48. The average Bonchev–Trinajstić information content (AvgIpc) is 3.13. The van der Waals surface area contributed by atoms with Crippen molar-refractivity contribution in [1.82, 2.24) is 9.62 Å². The summed E-state index contributed by atoms with van der Waals surface area (Å²) in [6, 6.07) is 11.3. The molecule has 2 aromatic rings. The zero-order valence-corrected chi connectivity index (χ0v) is 29.4. The SMILES string of the molecule is C[C@@H]1[C@@H](C)C/C=C/[C@](O)(CC(=O)N2CCC2)[C@@H]2CC[C@H]2CN2C[C@@]3(CCCc4cc(Cl)ccc43)COc3ccc(cc32)C(=O)NS1(=O)=O. The molecule has 5 aliphatic rings. The molecule has 2 aromatic carbocycles. The number of allylic oxidation sites excluding steroid dienone is 1. The van der Waals surface area contributed by atoms with E-state index in [1.165, 1.54) is 11.1 Å². The number of halogens is 1. The summed E-state index contributed by atoms with van der Waals surface area (Å²) in [7, 11) is -4.01. The number of likely N-dealkylation sites (tertiary alicyclic amines) is 1. The van der Waals surface area contributed by atoms with E-state index in [-0.39, 0.29) is 41.1 Å². The van der Waals surface area contributed by atoms with Crippen LogP contribution in [-0.4, -0.2) is 73.9 Å². The van der Waals surface area contributed by atoms with Crippen molar-refractivity contribution < 1.29 is 27.9 Å². The molecule has 9 nitrogen and oxygen atoms in total. The number of carbonyl (C=O) groups is 2. The van der Waals surface area contributed by atoms with Gasteiger partial charge in [0.1, 0.15) is 5.75 Å². The van der Waals surface area contributed by atoms with E-state index in [1.54, 1.807) is 36.1 Å². The van der Waals surface area contributed by atoms with Crippen LogP contribution >= 0.6 is 11.6 Å². The highest BCUT2D eigenvalue weighted by atomic mass is 35.5. The van der Waals surface area contributed by atoms with Crippen molar-refractivity contribution >= 4 is 39.1 Å². The Balaban J connectivity index is 1.31. The first-order chi connectivity index (χ1) is 22.9. The van der Waals surface area contributed by atoms with Crippen molar-refractivity contribution in [2.45, 2.75) is 81.5 Å². The van der Waals surface area contributed by atoms with Crippen LogP contribution in [0.5, 0.6) is 5.75 Å². The van der Waals surface area contributed by atoms with Crippen LogP contribution in [-0.2, 0) is 26.7 Å². The minimum absolute atomic E-state index is 0.00484. The highest BCUT2D eigenvalue weighted by Crippen LogP contribution is 2.49. The van der Waals surface area contributed by atoms with Gasteiger partial charge in [0, 0.05) is 42.2 Å². The molecular weight excluding hydrogens is 650 g/mol. The molecule has 0 aromatic heterocycles. The van der Waals surface area contributed by atoms with Crippen LogP contribution in [0, 0.1) is 17.8 Å². The summed E-state index contributed by atoms with van der Waals surface area (Å²) in [5.41, 5.74) is 1.71. The lowest BCUT2D eigenvalue weighted by molar-refractivity contribution is -0.143. The number of nitrogens with one attached hydrogen (secondary N) is 1. The van der Waals surface area contributed by atoms with Crippen molar-refractivity contribution in [3.05, 3.63) is 70.3 Å². The predicted molar refractivity (Wildman–Crippen MR) is 186 cm³/mol. The standard InChI is InChI=1S/C37H46ClN3O6S/c1-24-6-3-15-37(44,20-34(42)40-16-5-17-40)31-11-8-28(31)21-41-22-36(14-4-7-26-18-29(38)10-12-30(26)36)23-47-33-13-9-27(19-32(33)41)35(43)39-48(45,46)25(24)2/h3,9-10,12-13,15,18-19,24-25,28,31,44H,4-8,11,14,16-17,20-23H2,1-2H3,(H,39,43)/b15-3+/t24-,25+,28-,31+,36-,37-/m0/s1. The molecule has 3 aliphatic heterocycles. The molecule has 48 heavy (non-hydrogen) atoms. The van der Waals surface area contributed by atoms with E-state index < -0.39 is 26.8 Å². The van der Waals surface area contributed by atoms with Gasteiger partial charge in [-0.3, -0.25) is 9.59 Å². The number of ether oxygens (including phenoxy) is 1. The topological polar surface area (TPSA) is 116 Å². The summed E-state index contributed by atoms with van der Waals surface area (Å²) in [5.74, 6) is -0.494. The number of sulfonamides is 1. The minimum Gasteiger partial charge on any atom is -0.490 e. The molecule has 11 heteroatoms. The highest BCUT2D eigenvalue weighted by molar-refractivity contribution is 7.90. The highest BCUT2D eigenvalue weighted by Gasteiger charge is 2.49. The monoisotopic (exact) mass is 695 g/mol. The molecule has 258 valence electrons. The fourth-order valence-electron chi connectivity index (χ4n) is 8.48. The molecule has 2 amide bonds. The molecule has 0 unspecified atom stereocenters. The molecular formula is C37H46ClN3O6S. The number of nitrogens with zero attached hydrogens (tertiary/aromatic N) is 2. The third-order valence-electron chi connectivity index (χ3n) is 11.9. The molecule has 7 rings (SSSR count). The second-order valence-electron chi connectivity index (χ2n) is 14.9. The fourth-order valence-corrected chi connectivity index (χ4v) is 9.96. The lowest BCUT2D eigenvalue weighted by atomic mass is 9.63. The third kappa shape index (κ3) is 6.13. The van der Waals surface area contributed by atoms with Crippen molar-refractivity contribution in [2.24, 2.45) is 17.8 Å². The maximum Gasteiger partial charge on any atom is 0.264 e. The molecule has 6 atom stereocenters. The van der Waals surface area contributed by atoms with Gasteiger partial charge in [0.15, 0.2) is 0 Å². The first-order valence-electron chi connectivity index (χ1n) is 17.4. The molecule has 1 saturated carbocycles. The Bertz CT molecular complexity index is 1740. The van der Waals surface area contributed by atoms with Gasteiger partial charge in [-0.15, -0.1) is 0 Å². The maximum atomic E-state index is 13.5. The smallest absolute Gasteiger partial charge is 0.264 e. The number of fused-ring (bicyclic) bond motifs is 4. The summed E-state index contributed by atoms with van der Waals surface area (Å²) < 4.78 is 35.7. The third-order valence-corrected chi connectivity index (χ3v) is 14.0. The van der Waals surface area contributed by atoms with Crippen molar-refractivity contribution in [1.29, 1.82) is 0 Å². The fraction of sp³-hybridized carbons (Fsp3) is 0.568. The van der Waals surface area contributed by atoms with Crippen LogP contribution in [0.1, 0.15) is 80.3 Å². The number of benzene rings is 2. The van der Waals surface area contributed by atoms with Gasteiger partial charge in [-0.2, -0.15) is 0 Å². The maximum absolute atomic E-state index is 13.5. The molecule has 3 heterocycles. The number of rotatable bonds is 2. The Morgan fingerprint density at radius 3 is 2.67 bits per heavy atom. The quantitative estimate of drug-likeness (QED) is 0.413. The van der Waals surface area contributed by atoms with Gasteiger partial charge < -0.3 is 19.6 Å². The summed E-state index contributed by atoms with van der Waals surface area (Å²) in [5, 5.41) is 12.2. The first-order valence-corrected chi connectivity index (χ1v) is 19.3. The summed E-state index contributed by atoms with van der Waals surface area (Å²) in [4.78, 5) is 30.9. The summed E-state index contributed by atoms with van der Waals surface area (Å²) >= 11 is 6.43. The molecule has 2 N–H and O–H groups in total. The van der Waals surface area contributed by atoms with Gasteiger partial charge in [-0.25, -0.2) is 13.1 Å². The van der Waals surface area contributed by atoms with Gasteiger partial charge in [0.25, 0.3) is 5.91 Å². The van der Waals surface area contributed by atoms with E-state index in [0.717, 1.165) is 44.2 Å². The van der Waals surface area contributed by atoms with Crippen molar-refractivity contribution in [3.8, 4) is 5.75 Å². The largest absolute Gasteiger partial charge is 0.490 e. The molecule has 1 saturated heterocycles. The number of hydrogen-bond acceptors (Lipinski definition) is 7. The van der Waals surface area contributed by atoms with Crippen molar-refractivity contribution in [2.75, 3.05) is 37.7 Å². The number of carbonyl (C=O) groups excluding carboxylic acids is 2. The van der Waals surface area contributed by atoms with Gasteiger partial charge >= 0.3 is 0 Å². The number of aryl methyl sites for hydroxylation is 1. The molecule has 0 radical (unpaired) electrons. The predicted octanol–water partition coefficient (Wildman–Crippen LogP) is 5.24. The zero-order chi connectivity index (χ0) is 33.8. The van der Waals surface area contributed by atoms with Crippen LogP contribution in [0.15, 0.2) is 48.6 Å². The Morgan fingerprint density at radius 1 is 1.12 bits per heavy atom. The average molecular weight is 696 g/mol. The Hall–Kier alpha value is -3.08. The van der Waals surface area contributed by atoms with Gasteiger partial charge in [0.2, 0.25) is 15.9 Å². The van der Waals surface area contributed by atoms with E-state index in [4.69, 9.17) is 16.3 Å². The van der Waals surface area contributed by atoms with E-state index in [0.29, 0.717) is 50.0 Å². The van der Waals surface area contributed by atoms with Crippen LogP contribution in [0.3, 0.4) is 0 Å². The van der Waals surface area contributed by atoms with Crippen molar-refractivity contribution in [3.63, 3.8) is 0 Å². The number of amides is 2. The van der Waals surface area contributed by atoms with Crippen LogP contribution in [0.2, 0.25) is 5.02 Å². The van der Waals surface area contributed by atoms with E-state index in [1.807, 2.05) is 19.1 Å². The van der Waals surface area contributed by atoms with Crippen LogP contribution < -0.4 is 14.4 Å². The molecule has 2 aliphatic carbocycles. The Morgan fingerprint density at radius 2 is 1.94 bits per heavy atom. The minimum atomic E-state index is -4.01. The number of aliphatic hydroxyl groups is 1. The van der Waals surface area contributed by atoms with E-state index in [2.05, 4.69) is 21.8 Å². The van der Waals surface area contributed by atoms with E-state index >= 15 is 0 Å². The van der Waals surface area contributed by atoms with Gasteiger partial charge in [-0.1, -0.05) is 36.7 Å². The number of hydrogen-bond donors (Lipinski definition) is 2.